The third-order valence-corrected chi connectivity index (χ3v) is 7.03. The van der Waals surface area contributed by atoms with Crippen LogP contribution in [0.2, 0.25) is 5.02 Å². The smallest absolute Gasteiger partial charge is 0.264 e. The van der Waals surface area contributed by atoms with Gasteiger partial charge in [0.05, 0.1) is 21.3 Å². The van der Waals surface area contributed by atoms with E-state index in [4.69, 9.17) is 11.6 Å². The molecular formula is C22H19ClN2O3S. The van der Waals surface area contributed by atoms with Crippen LogP contribution in [0.1, 0.15) is 22.3 Å². The number of carbonyl (C=O) groups is 1. The number of sulfonamides is 1. The number of fused-ring (bicyclic) bond motifs is 1. The van der Waals surface area contributed by atoms with Crippen LogP contribution >= 0.6 is 11.6 Å². The lowest BCUT2D eigenvalue weighted by molar-refractivity contribution is 0.102. The van der Waals surface area contributed by atoms with Crippen LogP contribution in [0, 0.1) is 0 Å². The normalized spacial score (nSPS) is 13.6. The van der Waals surface area contributed by atoms with Crippen molar-refractivity contribution < 1.29 is 13.2 Å². The van der Waals surface area contributed by atoms with Gasteiger partial charge in [-0.05, 0) is 60.9 Å². The number of nitrogens with zero attached hydrogens (tertiary/aromatic N) is 1. The van der Waals surface area contributed by atoms with Crippen LogP contribution in [-0.2, 0) is 16.4 Å². The molecule has 0 aliphatic carbocycles. The molecule has 0 bridgehead atoms. The Bertz CT molecular complexity index is 1160. The topological polar surface area (TPSA) is 66.5 Å². The molecule has 1 heterocycles. The first-order valence-corrected chi connectivity index (χ1v) is 11.1. The van der Waals surface area contributed by atoms with E-state index in [9.17, 15) is 13.2 Å². The zero-order chi connectivity index (χ0) is 20.4. The van der Waals surface area contributed by atoms with Crippen molar-refractivity contribution in [1.29, 1.82) is 0 Å². The van der Waals surface area contributed by atoms with E-state index in [0.29, 0.717) is 41.3 Å². The highest BCUT2D eigenvalue weighted by atomic mass is 35.5. The Labute approximate surface area is 175 Å². The van der Waals surface area contributed by atoms with Gasteiger partial charge in [0.15, 0.2) is 0 Å². The summed E-state index contributed by atoms with van der Waals surface area (Å²) < 4.78 is 27.6. The molecule has 0 unspecified atom stereocenters. The Morgan fingerprint density at radius 3 is 2.45 bits per heavy atom. The maximum absolute atomic E-state index is 13.1. The minimum Gasteiger partial charge on any atom is -0.321 e. The van der Waals surface area contributed by atoms with Gasteiger partial charge in [-0.25, -0.2) is 8.42 Å². The molecule has 0 radical (unpaired) electrons. The Morgan fingerprint density at radius 2 is 1.69 bits per heavy atom. The number of halogens is 1. The second kappa shape index (κ2) is 7.89. The van der Waals surface area contributed by atoms with Gasteiger partial charge in [-0.2, -0.15) is 0 Å². The molecule has 1 aliphatic heterocycles. The third kappa shape index (κ3) is 3.86. The molecule has 1 amide bonds. The van der Waals surface area contributed by atoms with Crippen LogP contribution in [-0.4, -0.2) is 20.9 Å². The number of benzene rings is 3. The van der Waals surface area contributed by atoms with Crippen molar-refractivity contribution in [3.05, 3.63) is 88.9 Å². The lowest BCUT2D eigenvalue weighted by Crippen LogP contribution is -2.35. The van der Waals surface area contributed by atoms with Gasteiger partial charge in [0.1, 0.15) is 0 Å². The zero-order valence-electron chi connectivity index (χ0n) is 15.5. The third-order valence-electron chi connectivity index (χ3n) is 4.87. The fourth-order valence-corrected chi connectivity index (χ4v) is 5.18. The van der Waals surface area contributed by atoms with Crippen LogP contribution in [0.15, 0.2) is 77.7 Å². The first-order valence-electron chi connectivity index (χ1n) is 9.23. The van der Waals surface area contributed by atoms with E-state index in [1.807, 2.05) is 0 Å². The number of hydrogen-bond acceptors (Lipinski definition) is 3. The standard InChI is InChI=1S/C22H19ClN2O3S/c23-19-10-4-5-11-20(19)24-22(26)17-12-13-21-16(15-17)7-6-14-25(21)29(27,28)18-8-2-1-3-9-18/h1-5,8-13,15H,6-7,14H2,(H,24,26). The van der Waals surface area contributed by atoms with E-state index in [0.717, 1.165) is 5.56 Å². The predicted octanol–water partition coefficient (Wildman–Crippen LogP) is 4.73. The Hall–Kier alpha value is -2.83. The molecule has 0 atom stereocenters. The number of para-hydroxylation sites is 1. The molecule has 3 aromatic rings. The molecule has 148 valence electrons. The van der Waals surface area contributed by atoms with Crippen LogP contribution in [0.25, 0.3) is 0 Å². The van der Waals surface area contributed by atoms with E-state index in [-0.39, 0.29) is 10.8 Å². The summed E-state index contributed by atoms with van der Waals surface area (Å²) in [6, 6.07) is 20.5. The Balaban J connectivity index is 1.64. The van der Waals surface area contributed by atoms with Crippen LogP contribution in [0.3, 0.4) is 0 Å². The van der Waals surface area contributed by atoms with Crippen LogP contribution < -0.4 is 9.62 Å². The molecule has 0 saturated heterocycles. The summed E-state index contributed by atoms with van der Waals surface area (Å²) in [6.07, 6.45) is 1.40. The summed E-state index contributed by atoms with van der Waals surface area (Å²) >= 11 is 6.11. The predicted molar refractivity (Wildman–Crippen MR) is 115 cm³/mol. The number of amides is 1. The molecule has 5 nitrogen and oxygen atoms in total. The number of aryl methyl sites for hydroxylation is 1. The summed E-state index contributed by atoms with van der Waals surface area (Å²) in [5, 5.41) is 3.26. The fraction of sp³-hybridized carbons (Fsp3) is 0.136. The first kappa shape index (κ1) is 19.5. The van der Waals surface area contributed by atoms with Crippen molar-refractivity contribution in [1.82, 2.24) is 0 Å². The SMILES string of the molecule is O=C(Nc1ccccc1Cl)c1ccc2c(c1)CCCN2S(=O)(=O)c1ccccc1. The lowest BCUT2D eigenvalue weighted by Gasteiger charge is -2.30. The van der Waals surface area contributed by atoms with Gasteiger partial charge in [-0.15, -0.1) is 0 Å². The zero-order valence-corrected chi connectivity index (χ0v) is 17.1. The van der Waals surface area contributed by atoms with Gasteiger partial charge in [-0.3, -0.25) is 9.10 Å². The second-order valence-electron chi connectivity index (χ2n) is 6.77. The molecule has 4 rings (SSSR count). The Morgan fingerprint density at radius 1 is 0.966 bits per heavy atom. The lowest BCUT2D eigenvalue weighted by atomic mass is 10.0. The molecule has 0 aromatic heterocycles. The second-order valence-corrected chi connectivity index (χ2v) is 9.04. The first-order chi connectivity index (χ1) is 14.0. The molecule has 0 saturated carbocycles. The van der Waals surface area contributed by atoms with Crippen molar-refractivity contribution in [3.8, 4) is 0 Å². The van der Waals surface area contributed by atoms with Gasteiger partial charge in [0.25, 0.3) is 15.9 Å². The average molecular weight is 427 g/mol. The molecule has 1 aliphatic rings. The van der Waals surface area contributed by atoms with Crippen LogP contribution in [0.5, 0.6) is 0 Å². The van der Waals surface area contributed by atoms with Crippen molar-refractivity contribution in [2.75, 3.05) is 16.2 Å². The summed E-state index contributed by atoms with van der Waals surface area (Å²) in [5.41, 5.74) is 2.45. The van der Waals surface area contributed by atoms with E-state index in [2.05, 4.69) is 5.32 Å². The van der Waals surface area contributed by atoms with Crippen molar-refractivity contribution >= 4 is 38.9 Å². The number of rotatable bonds is 4. The molecule has 3 aromatic carbocycles. The quantitative estimate of drug-likeness (QED) is 0.655. The summed E-state index contributed by atoms with van der Waals surface area (Å²) in [7, 11) is -3.65. The Kier molecular flexibility index (Phi) is 5.30. The summed E-state index contributed by atoms with van der Waals surface area (Å²) in [6.45, 7) is 0.412. The highest BCUT2D eigenvalue weighted by Crippen LogP contribution is 2.33. The highest BCUT2D eigenvalue weighted by Gasteiger charge is 2.29. The largest absolute Gasteiger partial charge is 0.321 e. The van der Waals surface area contributed by atoms with Gasteiger partial charge < -0.3 is 5.32 Å². The monoisotopic (exact) mass is 426 g/mol. The molecule has 29 heavy (non-hydrogen) atoms. The van der Waals surface area contributed by atoms with E-state index in [1.54, 1.807) is 72.8 Å². The van der Waals surface area contributed by atoms with Crippen molar-refractivity contribution in [3.63, 3.8) is 0 Å². The molecule has 7 heteroatoms. The average Bonchev–Trinajstić information content (AvgIpc) is 2.75. The van der Waals surface area contributed by atoms with E-state index >= 15 is 0 Å². The molecule has 0 fully saturated rings. The highest BCUT2D eigenvalue weighted by molar-refractivity contribution is 7.92. The van der Waals surface area contributed by atoms with Crippen LogP contribution in [0.4, 0.5) is 11.4 Å². The van der Waals surface area contributed by atoms with Gasteiger partial charge in [-0.1, -0.05) is 41.9 Å². The van der Waals surface area contributed by atoms with E-state index < -0.39 is 10.0 Å². The number of anilines is 2. The van der Waals surface area contributed by atoms with Gasteiger partial charge in [0.2, 0.25) is 0 Å². The molecular weight excluding hydrogens is 408 g/mol. The number of nitrogens with one attached hydrogen (secondary N) is 1. The number of hydrogen-bond donors (Lipinski definition) is 1. The van der Waals surface area contributed by atoms with Crippen molar-refractivity contribution in [2.24, 2.45) is 0 Å². The minimum absolute atomic E-state index is 0.258. The van der Waals surface area contributed by atoms with Crippen molar-refractivity contribution in [2.45, 2.75) is 17.7 Å². The fourth-order valence-electron chi connectivity index (χ4n) is 3.43. The number of carbonyl (C=O) groups excluding carboxylic acids is 1. The molecule has 0 spiro atoms. The minimum atomic E-state index is -3.65. The van der Waals surface area contributed by atoms with Gasteiger partial charge >= 0.3 is 0 Å². The van der Waals surface area contributed by atoms with Gasteiger partial charge in [0, 0.05) is 12.1 Å². The molecule has 1 N–H and O–H groups in total. The van der Waals surface area contributed by atoms with E-state index in [1.165, 1.54) is 4.31 Å². The maximum Gasteiger partial charge on any atom is 0.264 e. The maximum atomic E-state index is 13.1. The summed E-state index contributed by atoms with van der Waals surface area (Å²) in [4.78, 5) is 12.9. The summed E-state index contributed by atoms with van der Waals surface area (Å²) in [5.74, 6) is -0.288.